The van der Waals surface area contributed by atoms with Crippen LogP contribution in [-0.2, 0) is 11.4 Å². The maximum absolute atomic E-state index is 13.8. The number of ether oxygens (including phenoxy) is 1. The van der Waals surface area contributed by atoms with Crippen molar-refractivity contribution < 1.29 is 9.53 Å². The van der Waals surface area contributed by atoms with Gasteiger partial charge in [0.1, 0.15) is 12.4 Å². The standard InChI is InChI=1S/C30H28I2N2O2S/c1-20-10-8-9-15-26(20)34-29(35)27(37-30(34)33-23-13-6-3-7-14-23)18-22-16-24(31)28(25(32)17-22)36-19-21-11-4-2-5-12-21/h2-7,11-14,16-18,20,26H,8-10,15,19H2,1H3/b27-18-,33-30?/t20-,26+/m1/s1. The number of carbonyl (C=O) groups is 1. The molecule has 190 valence electrons. The monoisotopic (exact) mass is 734 g/mol. The van der Waals surface area contributed by atoms with Gasteiger partial charge in [-0.15, -0.1) is 0 Å². The number of hydrogen-bond acceptors (Lipinski definition) is 4. The smallest absolute Gasteiger partial charge is 0.267 e. The second-order valence-corrected chi connectivity index (χ2v) is 12.8. The van der Waals surface area contributed by atoms with Crippen LogP contribution in [0, 0.1) is 13.1 Å². The van der Waals surface area contributed by atoms with Gasteiger partial charge in [-0.1, -0.05) is 68.3 Å². The first kappa shape index (κ1) is 26.7. The second-order valence-electron chi connectivity index (χ2n) is 9.43. The van der Waals surface area contributed by atoms with Gasteiger partial charge in [0.2, 0.25) is 0 Å². The zero-order valence-corrected chi connectivity index (χ0v) is 25.7. The van der Waals surface area contributed by atoms with Gasteiger partial charge in [0.25, 0.3) is 5.91 Å². The number of carbonyl (C=O) groups excluding carboxylic acids is 1. The van der Waals surface area contributed by atoms with Gasteiger partial charge in [-0.05, 0) is 117 Å². The van der Waals surface area contributed by atoms with E-state index in [0.29, 0.717) is 12.5 Å². The Morgan fingerprint density at radius 1 is 1.00 bits per heavy atom. The van der Waals surface area contributed by atoms with Crippen LogP contribution in [0.4, 0.5) is 5.69 Å². The zero-order chi connectivity index (χ0) is 25.8. The summed E-state index contributed by atoms with van der Waals surface area (Å²) >= 11 is 6.13. The molecule has 0 aromatic heterocycles. The fourth-order valence-corrected chi connectivity index (χ4v) is 8.00. The lowest BCUT2D eigenvalue weighted by Crippen LogP contribution is -2.44. The molecule has 5 rings (SSSR count). The summed E-state index contributed by atoms with van der Waals surface area (Å²) in [4.78, 5) is 21.4. The minimum absolute atomic E-state index is 0.0628. The molecule has 0 N–H and O–H groups in total. The summed E-state index contributed by atoms with van der Waals surface area (Å²) in [6, 6.07) is 24.5. The van der Waals surface area contributed by atoms with Crippen molar-refractivity contribution in [3.63, 3.8) is 0 Å². The van der Waals surface area contributed by atoms with Crippen LogP contribution >= 0.6 is 56.9 Å². The average molecular weight is 734 g/mol. The molecule has 1 saturated carbocycles. The molecule has 0 radical (unpaired) electrons. The predicted molar refractivity (Wildman–Crippen MR) is 170 cm³/mol. The molecule has 3 aromatic rings. The second kappa shape index (κ2) is 12.3. The van der Waals surface area contributed by atoms with Crippen LogP contribution in [0.25, 0.3) is 6.08 Å². The molecule has 37 heavy (non-hydrogen) atoms. The van der Waals surface area contributed by atoms with Crippen LogP contribution in [0.5, 0.6) is 5.75 Å². The number of benzene rings is 3. The molecule has 3 aromatic carbocycles. The summed E-state index contributed by atoms with van der Waals surface area (Å²) in [7, 11) is 0. The van der Waals surface area contributed by atoms with Crippen LogP contribution in [0.2, 0.25) is 0 Å². The van der Waals surface area contributed by atoms with Crippen LogP contribution in [0.1, 0.15) is 43.7 Å². The van der Waals surface area contributed by atoms with E-state index in [2.05, 4.69) is 76.4 Å². The Kier molecular flexibility index (Phi) is 8.92. The van der Waals surface area contributed by atoms with E-state index in [1.165, 1.54) is 18.2 Å². The Morgan fingerprint density at radius 3 is 2.32 bits per heavy atom. The van der Waals surface area contributed by atoms with E-state index in [0.717, 1.165) is 59.0 Å². The molecular formula is C30H28I2N2O2S. The Labute approximate surface area is 250 Å². The SMILES string of the molecule is C[C@@H]1CCCC[C@@H]1N1C(=O)/C(=C/c2cc(I)c(OCc3ccccc3)c(I)c2)SC1=Nc1ccccc1. The molecule has 2 fully saturated rings. The summed E-state index contributed by atoms with van der Waals surface area (Å²) in [5.41, 5.74) is 3.00. The molecule has 0 bridgehead atoms. The van der Waals surface area contributed by atoms with E-state index in [-0.39, 0.29) is 11.9 Å². The molecule has 1 saturated heterocycles. The maximum atomic E-state index is 13.8. The van der Waals surface area contributed by atoms with E-state index in [1.54, 1.807) is 0 Å². The van der Waals surface area contributed by atoms with E-state index in [9.17, 15) is 4.79 Å². The maximum Gasteiger partial charge on any atom is 0.267 e. The summed E-state index contributed by atoms with van der Waals surface area (Å²) in [5, 5.41) is 0.786. The summed E-state index contributed by atoms with van der Waals surface area (Å²) < 4.78 is 8.21. The van der Waals surface area contributed by atoms with Crippen molar-refractivity contribution in [2.24, 2.45) is 10.9 Å². The number of rotatable bonds is 6. The number of aliphatic imine (C=N–C) groups is 1. The number of halogens is 2. The van der Waals surface area contributed by atoms with Crippen molar-refractivity contribution in [1.82, 2.24) is 4.90 Å². The van der Waals surface area contributed by atoms with Crippen molar-refractivity contribution in [2.75, 3.05) is 0 Å². The third-order valence-corrected chi connectivity index (χ3v) is 9.35. The third kappa shape index (κ3) is 6.42. The van der Waals surface area contributed by atoms with E-state index >= 15 is 0 Å². The highest BCUT2D eigenvalue weighted by Crippen LogP contribution is 2.40. The Morgan fingerprint density at radius 2 is 1.65 bits per heavy atom. The van der Waals surface area contributed by atoms with E-state index in [4.69, 9.17) is 9.73 Å². The van der Waals surface area contributed by atoms with Crippen LogP contribution in [-0.4, -0.2) is 22.0 Å². The molecule has 2 aliphatic rings. The molecule has 4 nitrogen and oxygen atoms in total. The molecule has 1 aliphatic carbocycles. The number of nitrogens with zero attached hydrogens (tertiary/aromatic N) is 2. The molecule has 2 atom stereocenters. The number of thioether (sulfide) groups is 1. The van der Waals surface area contributed by atoms with Crippen molar-refractivity contribution in [3.05, 3.63) is 96.0 Å². The molecule has 0 spiro atoms. The van der Waals surface area contributed by atoms with Gasteiger partial charge in [-0.2, -0.15) is 0 Å². The minimum Gasteiger partial charge on any atom is -0.487 e. The first-order valence-electron chi connectivity index (χ1n) is 12.5. The minimum atomic E-state index is 0.0628. The first-order chi connectivity index (χ1) is 18.0. The molecule has 1 aliphatic heterocycles. The number of amidine groups is 1. The highest BCUT2D eigenvalue weighted by Gasteiger charge is 2.41. The molecule has 1 amide bonds. The Hall–Kier alpha value is -1.85. The predicted octanol–water partition coefficient (Wildman–Crippen LogP) is 8.66. The lowest BCUT2D eigenvalue weighted by atomic mass is 9.85. The third-order valence-electron chi connectivity index (χ3n) is 6.76. The van der Waals surface area contributed by atoms with Gasteiger partial charge in [-0.25, -0.2) is 4.99 Å². The summed E-state index contributed by atoms with van der Waals surface area (Å²) in [6.45, 7) is 2.79. The number of para-hydroxylation sites is 1. The fraction of sp³-hybridized carbons (Fsp3) is 0.267. The van der Waals surface area contributed by atoms with Crippen molar-refractivity contribution in [2.45, 2.75) is 45.3 Å². The lowest BCUT2D eigenvalue weighted by molar-refractivity contribution is -0.124. The van der Waals surface area contributed by atoms with Crippen molar-refractivity contribution in [1.29, 1.82) is 0 Å². The van der Waals surface area contributed by atoms with Gasteiger partial charge in [0, 0.05) is 6.04 Å². The number of amides is 1. The quantitative estimate of drug-likeness (QED) is 0.188. The van der Waals surface area contributed by atoms with Crippen molar-refractivity contribution >= 4 is 79.8 Å². The highest BCUT2D eigenvalue weighted by molar-refractivity contribution is 14.1. The molecule has 1 heterocycles. The van der Waals surface area contributed by atoms with Gasteiger partial charge >= 0.3 is 0 Å². The average Bonchev–Trinajstić information content (AvgIpc) is 3.19. The largest absolute Gasteiger partial charge is 0.487 e. The first-order valence-corrected chi connectivity index (χ1v) is 15.5. The van der Waals surface area contributed by atoms with Crippen molar-refractivity contribution in [3.8, 4) is 5.75 Å². The van der Waals surface area contributed by atoms with E-state index in [1.807, 2.05) is 59.5 Å². The van der Waals surface area contributed by atoms with Crippen LogP contribution in [0.3, 0.4) is 0 Å². The number of hydrogen-bond donors (Lipinski definition) is 0. The normalized spacial score (nSPS) is 22.1. The molecular weight excluding hydrogens is 706 g/mol. The Balaban J connectivity index is 1.43. The highest BCUT2D eigenvalue weighted by atomic mass is 127. The van der Waals surface area contributed by atoms with Crippen LogP contribution in [0.15, 0.2) is 82.7 Å². The topological polar surface area (TPSA) is 41.9 Å². The van der Waals surface area contributed by atoms with Gasteiger partial charge in [0.15, 0.2) is 5.17 Å². The fourth-order valence-electron chi connectivity index (χ4n) is 4.83. The Bertz CT molecular complexity index is 1300. The molecule has 0 unspecified atom stereocenters. The van der Waals surface area contributed by atoms with Gasteiger partial charge in [0.05, 0.1) is 17.7 Å². The lowest BCUT2D eigenvalue weighted by Gasteiger charge is -2.35. The van der Waals surface area contributed by atoms with E-state index < -0.39 is 0 Å². The van der Waals surface area contributed by atoms with Gasteiger partial charge in [-0.3, -0.25) is 9.69 Å². The summed E-state index contributed by atoms with van der Waals surface area (Å²) in [6.07, 6.45) is 6.57. The zero-order valence-electron chi connectivity index (χ0n) is 20.6. The van der Waals surface area contributed by atoms with Crippen LogP contribution < -0.4 is 4.74 Å². The summed E-state index contributed by atoms with van der Waals surface area (Å²) in [5.74, 6) is 1.40. The van der Waals surface area contributed by atoms with Gasteiger partial charge < -0.3 is 4.74 Å². The molecule has 7 heteroatoms.